The molecule has 2 aromatic rings. The van der Waals surface area contributed by atoms with E-state index in [0.29, 0.717) is 17.6 Å². The Balaban J connectivity index is 2.04. The standard InChI is InChI=1S/C14H19ClN6O3/c1-14(2,12(17)24)5-3-6(9(23)8(5)22)21-4-18-7-10(16)19-13(15)20-11(7)21/h4-6,8-9,22-23H,3H2,1-2H3,(H2,17,24)(H2,16,19,20)/t5-,6-,8-,9+/m1/s1. The largest absolute Gasteiger partial charge is 0.390 e. The lowest BCUT2D eigenvalue weighted by molar-refractivity contribution is -0.131. The van der Waals surface area contributed by atoms with Crippen molar-refractivity contribution in [1.29, 1.82) is 0 Å². The first-order valence-corrected chi connectivity index (χ1v) is 7.84. The van der Waals surface area contributed by atoms with Crippen molar-refractivity contribution in [3.05, 3.63) is 11.6 Å². The highest BCUT2D eigenvalue weighted by atomic mass is 35.5. The molecule has 9 nitrogen and oxygen atoms in total. The molecular weight excluding hydrogens is 336 g/mol. The predicted molar refractivity (Wildman–Crippen MR) is 86.9 cm³/mol. The van der Waals surface area contributed by atoms with Crippen LogP contribution in [-0.4, -0.2) is 47.8 Å². The van der Waals surface area contributed by atoms with Gasteiger partial charge >= 0.3 is 0 Å². The monoisotopic (exact) mass is 354 g/mol. The van der Waals surface area contributed by atoms with Gasteiger partial charge in [0.2, 0.25) is 11.2 Å². The molecule has 2 heterocycles. The smallest absolute Gasteiger partial charge is 0.226 e. The zero-order chi connectivity index (χ0) is 17.8. The van der Waals surface area contributed by atoms with Gasteiger partial charge in [-0.05, 0) is 18.0 Å². The first-order chi connectivity index (χ1) is 11.1. The van der Waals surface area contributed by atoms with Crippen LogP contribution in [0.2, 0.25) is 5.28 Å². The molecule has 24 heavy (non-hydrogen) atoms. The van der Waals surface area contributed by atoms with Crippen LogP contribution in [-0.2, 0) is 4.79 Å². The Morgan fingerprint density at radius 3 is 2.67 bits per heavy atom. The molecule has 1 saturated carbocycles. The quantitative estimate of drug-likeness (QED) is 0.559. The van der Waals surface area contributed by atoms with Crippen LogP contribution in [0.4, 0.5) is 5.82 Å². The first kappa shape index (κ1) is 16.9. The number of amides is 1. The molecule has 0 aliphatic heterocycles. The Bertz CT molecular complexity index is 807. The van der Waals surface area contributed by atoms with Crippen molar-refractivity contribution in [1.82, 2.24) is 19.5 Å². The molecular formula is C14H19ClN6O3. The van der Waals surface area contributed by atoms with Gasteiger partial charge in [-0.25, -0.2) is 4.98 Å². The Hall–Kier alpha value is -1.97. The van der Waals surface area contributed by atoms with Gasteiger partial charge in [0.15, 0.2) is 11.5 Å². The minimum Gasteiger partial charge on any atom is -0.390 e. The number of anilines is 1. The molecule has 1 aliphatic carbocycles. The van der Waals surface area contributed by atoms with E-state index in [2.05, 4.69) is 15.0 Å². The summed E-state index contributed by atoms with van der Waals surface area (Å²) in [7, 11) is 0. The highest BCUT2D eigenvalue weighted by molar-refractivity contribution is 6.28. The SMILES string of the molecule is CC(C)(C(N)=O)[C@@H]1C[C@@H](n2cnc3c(N)nc(Cl)nc32)[C@H](O)[C@@H]1O. The first-order valence-electron chi connectivity index (χ1n) is 7.46. The average Bonchev–Trinajstić information content (AvgIpc) is 3.02. The highest BCUT2D eigenvalue weighted by Crippen LogP contribution is 2.45. The van der Waals surface area contributed by atoms with Gasteiger partial charge in [-0.15, -0.1) is 0 Å². The summed E-state index contributed by atoms with van der Waals surface area (Å²) in [6.07, 6.45) is -0.428. The van der Waals surface area contributed by atoms with Gasteiger partial charge in [0.05, 0.1) is 18.5 Å². The highest BCUT2D eigenvalue weighted by Gasteiger charge is 2.51. The number of carbonyl (C=O) groups is 1. The maximum absolute atomic E-state index is 11.7. The van der Waals surface area contributed by atoms with Crippen molar-refractivity contribution in [3.63, 3.8) is 0 Å². The van der Waals surface area contributed by atoms with Crippen molar-refractivity contribution in [2.24, 2.45) is 17.1 Å². The summed E-state index contributed by atoms with van der Waals surface area (Å²) in [5.74, 6) is -0.919. The van der Waals surface area contributed by atoms with Gasteiger partial charge in [0.25, 0.3) is 0 Å². The summed E-state index contributed by atoms with van der Waals surface area (Å²) >= 11 is 5.85. The zero-order valence-electron chi connectivity index (χ0n) is 13.2. The summed E-state index contributed by atoms with van der Waals surface area (Å²) in [5.41, 5.74) is 11.0. The number of nitrogens with two attached hydrogens (primary N) is 2. The number of aliphatic hydroxyl groups is 2. The number of halogens is 1. The molecule has 3 rings (SSSR count). The van der Waals surface area contributed by atoms with Gasteiger partial charge in [0.1, 0.15) is 11.6 Å². The van der Waals surface area contributed by atoms with Crippen LogP contribution in [0, 0.1) is 11.3 Å². The van der Waals surface area contributed by atoms with E-state index in [0.717, 1.165) is 0 Å². The fourth-order valence-electron chi connectivity index (χ4n) is 3.34. The van der Waals surface area contributed by atoms with Gasteiger partial charge in [-0.2, -0.15) is 9.97 Å². The number of rotatable bonds is 3. The molecule has 0 aromatic carbocycles. The lowest BCUT2D eigenvalue weighted by Gasteiger charge is -2.30. The van der Waals surface area contributed by atoms with Gasteiger partial charge < -0.3 is 26.2 Å². The fraction of sp³-hybridized carbons (Fsp3) is 0.571. The molecule has 1 aliphatic rings. The second kappa shape index (κ2) is 5.54. The van der Waals surface area contributed by atoms with E-state index in [-0.39, 0.29) is 11.1 Å². The third kappa shape index (κ3) is 2.40. The number of primary amides is 1. The van der Waals surface area contributed by atoms with Crippen molar-refractivity contribution in [2.45, 2.75) is 38.5 Å². The summed E-state index contributed by atoms with van der Waals surface area (Å²) in [6, 6.07) is -0.543. The number of fused-ring (bicyclic) bond motifs is 1. The topological polar surface area (TPSA) is 153 Å². The number of hydrogen-bond acceptors (Lipinski definition) is 7. The molecule has 0 saturated heterocycles. The summed E-state index contributed by atoms with van der Waals surface area (Å²) in [4.78, 5) is 23.8. The molecule has 0 spiro atoms. The van der Waals surface area contributed by atoms with E-state index in [1.807, 2.05) is 0 Å². The number of nitrogens with zero attached hydrogens (tertiary/aromatic N) is 4. The van der Waals surface area contributed by atoms with Crippen LogP contribution in [0.15, 0.2) is 6.33 Å². The second-order valence-corrected chi connectivity index (χ2v) is 7.02. The molecule has 0 radical (unpaired) electrons. The molecule has 4 atom stereocenters. The maximum Gasteiger partial charge on any atom is 0.226 e. The van der Waals surface area contributed by atoms with E-state index < -0.39 is 35.5 Å². The molecule has 0 bridgehead atoms. The van der Waals surface area contributed by atoms with Crippen molar-refractivity contribution in [3.8, 4) is 0 Å². The fourth-order valence-corrected chi connectivity index (χ4v) is 3.51. The summed E-state index contributed by atoms with van der Waals surface area (Å²) < 4.78 is 1.60. The summed E-state index contributed by atoms with van der Waals surface area (Å²) in [5, 5.41) is 20.9. The van der Waals surface area contributed by atoms with Crippen LogP contribution in [0.1, 0.15) is 26.3 Å². The number of aromatic nitrogens is 4. The number of carbonyl (C=O) groups excluding carboxylic acids is 1. The van der Waals surface area contributed by atoms with Gasteiger partial charge in [-0.3, -0.25) is 4.79 Å². The lowest BCUT2D eigenvalue weighted by Crippen LogP contribution is -2.43. The third-order valence-corrected chi connectivity index (χ3v) is 5.16. The minimum atomic E-state index is -1.11. The number of aliphatic hydroxyl groups excluding tert-OH is 2. The van der Waals surface area contributed by atoms with Crippen molar-refractivity contribution < 1.29 is 15.0 Å². The van der Waals surface area contributed by atoms with E-state index in [4.69, 9.17) is 23.1 Å². The van der Waals surface area contributed by atoms with E-state index in [9.17, 15) is 15.0 Å². The van der Waals surface area contributed by atoms with E-state index >= 15 is 0 Å². The van der Waals surface area contributed by atoms with Crippen molar-refractivity contribution in [2.75, 3.05) is 5.73 Å². The third-order valence-electron chi connectivity index (χ3n) is 4.99. The van der Waals surface area contributed by atoms with Crippen molar-refractivity contribution >= 4 is 34.5 Å². The van der Waals surface area contributed by atoms with Gasteiger partial charge in [-0.1, -0.05) is 13.8 Å². The van der Waals surface area contributed by atoms with E-state index in [1.54, 1.807) is 18.4 Å². The predicted octanol–water partition coefficient (Wildman–Crippen LogP) is -0.144. The van der Waals surface area contributed by atoms with Crippen LogP contribution in [0.25, 0.3) is 11.2 Å². The number of nitrogen functional groups attached to an aromatic ring is 1. The van der Waals surface area contributed by atoms with E-state index in [1.165, 1.54) is 6.33 Å². The number of imidazole rings is 1. The summed E-state index contributed by atoms with van der Waals surface area (Å²) in [6.45, 7) is 3.31. The Morgan fingerprint density at radius 2 is 2.04 bits per heavy atom. The average molecular weight is 355 g/mol. The van der Waals surface area contributed by atoms with Crippen LogP contribution in [0.3, 0.4) is 0 Å². The molecule has 130 valence electrons. The molecule has 1 fully saturated rings. The van der Waals surface area contributed by atoms with Crippen LogP contribution < -0.4 is 11.5 Å². The molecule has 1 amide bonds. The zero-order valence-corrected chi connectivity index (χ0v) is 14.0. The maximum atomic E-state index is 11.7. The Kier molecular flexibility index (Phi) is 3.89. The minimum absolute atomic E-state index is 0.0381. The molecule has 0 unspecified atom stereocenters. The Labute approximate surface area is 142 Å². The van der Waals surface area contributed by atoms with Crippen LogP contribution in [0.5, 0.6) is 0 Å². The number of hydrogen-bond donors (Lipinski definition) is 4. The Morgan fingerprint density at radius 1 is 1.38 bits per heavy atom. The lowest BCUT2D eigenvalue weighted by atomic mass is 9.76. The van der Waals surface area contributed by atoms with Gasteiger partial charge in [0, 0.05) is 11.3 Å². The molecule has 6 N–H and O–H groups in total. The normalized spacial score (nSPS) is 27.7. The molecule has 2 aromatic heterocycles. The molecule has 10 heteroatoms. The van der Waals surface area contributed by atoms with Crippen LogP contribution >= 0.6 is 11.6 Å². The second-order valence-electron chi connectivity index (χ2n) is 6.68.